The summed E-state index contributed by atoms with van der Waals surface area (Å²) < 4.78 is 1.94. The Labute approximate surface area is 124 Å². The SMILES string of the molecule is Cc1c(C(C)NC2CCSc3ccccc32)cnn1C. The van der Waals surface area contributed by atoms with Gasteiger partial charge in [0.25, 0.3) is 0 Å². The van der Waals surface area contributed by atoms with Crippen LogP contribution in [0.3, 0.4) is 0 Å². The van der Waals surface area contributed by atoms with Gasteiger partial charge >= 0.3 is 0 Å². The molecule has 0 amide bonds. The zero-order chi connectivity index (χ0) is 14.1. The number of nitrogens with one attached hydrogen (secondary N) is 1. The number of nitrogens with zero attached hydrogens (tertiary/aromatic N) is 2. The highest BCUT2D eigenvalue weighted by atomic mass is 32.2. The standard InChI is InChI=1S/C16H21N3S/c1-11(14-10-17-19(3)12(14)2)18-15-8-9-20-16-7-5-4-6-13(15)16/h4-7,10-11,15,18H,8-9H2,1-3H3. The van der Waals surface area contributed by atoms with Crippen LogP contribution < -0.4 is 5.32 Å². The van der Waals surface area contributed by atoms with Crippen LogP contribution in [0.1, 0.15) is 42.2 Å². The molecule has 0 aliphatic carbocycles. The summed E-state index contributed by atoms with van der Waals surface area (Å²) in [6, 6.07) is 9.52. The van der Waals surface area contributed by atoms with Crippen molar-refractivity contribution in [2.24, 2.45) is 7.05 Å². The fraction of sp³-hybridized carbons (Fsp3) is 0.438. The Kier molecular flexibility index (Phi) is 3.85. The normalized spacial score (nSPS) is 19.6. The summed E-state index contributed by atoms with van der Waals surface area (Å²) in [7, 11) is 2.00. The van der Waals surface area contributed by atoms with E-state index in [1.165, 1.54) is 33.9 Å². The van der Waals surface area contributed by atoms with Crippen molar-refractivity contribution in [2.45, 2.75) is 37.2 Å². The fourth-order valence-corrected chi connectivity index (χ4v) is 3.97. The van der Waals surface area contributed by atoms with Crippen LogP contribution in [-0.4, -0.2) is 15.5 Å². The van der Waals surface area contributed by atoms with E-state index < -0.39 is 0 Å². The maximum Gasteiger partial charge on any atom is 0.0540 e. The molecule has 2 heterocycles. The van der Waals surface area contributed by atoms with Crippen molar-refractivity contribution >= 4 is 11.8 Å². The molecule has 0 saturated carbocycles. The molecule has 3 nitrogen and oxygen atoms in total. The molecule has 106 valence electrons. The maximum absolute atomic E-state index is 4.35. The third kappa shape index (κ3) is 2.50. The molecule has 2 unspecified atom stereocenters. The van der Waals surface area contributed by atoms with E-state index in [9.17, 15) is 0 Å². The summed E-state index contributed by atoms with van der Waals surface area (Å²) in [6.45, 7) is 4.36. The Morgan fingerprint density at radius 1 is 1.40 bits per heavy atom. The molecule has 1 aromatic carbocycles. The van der Waals surface area contributed by atoms with Gasteiger partial charge in [0, 0.05) is 35.3 Å². The van der Waals surface area contributed by atoms with Crippen molar-refractivity contribution in [1.29, 1.82) is 0 Å². The smallest absolute Gasteiger partial charge is 0.0540 e. The van der Waals surface area contributed by atoms with Crippen LogP contribution in [0.15, 0.2) is 35.4 Å². The molecule has 20 heavy (non-hydrogen) atoms. The highest BCUT2D eigenvalue weighted by molar-refractivity contribution is 7.99. The Morgan fingerprint density at radius 3 is 2.95 bits per heavy atom. The lowest BCUT2D eigenvalue weighted by Gasteiger charge is -2.29. The molecule has 0 spiro atoms. The average molecular weight is 287 g/mol. The van der Waals surface area contributed by atoms with E-state index in [0.717, 1.165) is 0 Å². The molecule has 0 saturated heterocycles. The van der Waals surface area contributed by atoms with Crippen LogP contribution in [0.5, 0.6) is 0 Å². The van der Waals surface area contributed by atoms with Crippen LogP contribution in [0.4, 0.5) is 0 Å². The topological polar surface area (TPSA) is 29.9 Å². The third-order valence-electron chi connectivity index (χ3n) is 4.15. The Balaban J connectivity index is 1.80. The number of benzene rings is 1. The van der Waals surface area contributed by atoms with E-state index in [-0.39, 0.29) is 0 Å². The van der Waals surface area contributed by atoms with Gasteiger partial charge in [-0.25, -0.2) is 0 Å². The van der Waals surface area contributed by atoms with Gasteiger partial charge in [0.15, 0.2) is 0 Å². The number of aromatic nitrogens is 2. The molecular formula is C16H21N3S. The molecule has 2 aromatic rings. The van der Waals surface area contributed by atoms with Gasteiger partial charge in [-0.1, -0.05) is 18.2 Å². The van der Waals surface area contributed by atoms with Crippen molar-refractivity contribution in [3.05, 3.63) is 47.3 Å². The first kappa shape index (κ1) is 13.7. The second-order valence-corrected chi connectivity index (χ2v) is 6.56. The van der Waals surface area contributed by atoms with Crippen LogP contribution in [0.2, 0.25) is 0 Å². The lowest BCUT2D eigenvalue weighted by atomic mass is 10.0. The molecule has 3 rings (SSSR count). The zero-order valence-electron chi connectivity index (χ0n) is 12.3. The number of thioether (sulfide) groups is 1. The van der Waals surface area contributed by atoms with E-state index in [4.69, 9.17) is 0 Å². The van der Waals surface area contributed by atoms with Crippen molar-refractivity contribution in [3.63, 3.8) is 0 Å². The van der Waals surface area contributed by atoms with Crippen LogP contribution in [0.25, 0.3) is 0 Å². The summed E-state index contributed by atoms with van der Waals surface area (Å²) in [4.78, 5) is 1.42. The molecule has 4 heteroatoms. The molecular weight excluding hydrogens is 266 g/mol. The molecule has 2 atom stereocenters. The largest absolute Gasteiger partial charge is 0.303 e. The predicted octanol–water partition coefficient (Wildman–Crippen LogP) is 3.62. The summed E-state index contributed by atoms with van der Waals surface area (Å²) in [5.74, 6) is 1.19. The molecule has 1 N–H and O–H groups in total. The van der Waals surface area contributed by atoms with Gasteiger partial charge in [-0.05, 0) is 37.7 Å². The fourth-order valence-electron chi connectivity index (χ4n) is 2.85. The monoisotopic (exact) mass is 287 g/mol. The number of hydrogen-bond acceptors (Lipinski definition) is 3. The second-order valence-electron chi connectivity index (χ2n) is 5.42. The second kappa shape index (κ2) is 5.62. The Morgan fingerprint density at radius 2 is 2.20 bits per heavy atom. The average Bonchev–Trinajstić information content (AvgIpc) is 2.79. The zero-order valence-corrected chi connectivity index (χ0v) is 13.1. The number of hydrogen-bond donors (Lipinski definition) is 1. The van der Waals surface area contributed by atoms with E-state index in [1.54, 1.807) is 0 Å². The molecule has 1 aliphatic rings. The first-order valence-corrected chi connectivity index (χ1v) is 8.11. The minimum Gasteiger partial charge on any atom is -0.303 e. The summed E-state index contributed by atoms with van der Waals surface area (Å²) in [6.07, 6.45) is 3.17. The van der Waals surface area contributed by atoms with Crippen LogP contribution in [-0.2, 0) is 7.05 Å². The Bertz CT molecular complexity index is 606. The highest BCUT2D eigenvalue weighted by Crippen LogP contribution is 2.37. The van der Waals surface area contributed by atoms with Gasteiger partial charge in [0.05, 0.1) is 6.20 Å². The molecule has 0 fully saturated rings. The predicted molar refractivity (Wildman–Crippen MR) is 84.0 cm³/mol. The summed E-state index contributed by atoms with van der Waals surface area (Å²) in [5.41, 5.74) is 3.98. The molecule has 1 aromatic heterocycles. The van der Waals surface area contributed by atoms with Gasteiger partial charge in [0.1, 0.15) is 0 Å². The van der Waals surface area contributed by atoms with Gasteiger partial charge in [0.2, 0.25) is 0 Å². The molecule has 1 aliphatic heterocycles. The van der Waals surface area contributed by atoms with Crippen molar-refractivity contribution in [1.82, 2.24) is 15.1 Å². The van der Waals surface area contributed by atoms with Gasteiger partial charge in [-0.15, -0.1) is 11.8 Å². The molecule has 0 bridgehead atoms. The number of rotatable bonds is 3. The van der Waals surface area contributed by atoms with Crippen molar-refractivity contribution in [3.8, 4) is 0 Å². The van der Waals surface area contributed by atoms with E-state index in [1.807, 2.05) is 29.7 Å². The lowest BCUT2D eigenvalue weighted by Crippen LogP contribution is -2.27. The summed E-state index contributed by atoms with van der Waals surface area (Å²) in [5, 5.41) is 8.13. The van der Waals surface area contributed by atoms with Gasteiger partial charge in [-0.2, -0.15) is 5.10 Å². The van der Waals surface area contributed by atoms with Crippen molar-refractivity contribution < 1.29 is 0 Å². The van der Waals surface area contributed by atoms with Gasteiger partial charge in [-0.3, -0.25) is 4.68 Å². The lowest BCUT2D eigenvalue weighted by molar-refractivity contribution is 0.448. The van der Waals surface area contributed by atoms with E-state index in [2.05, 4.69) is 48.5 Å². The van der Waals surface area contributed by atoms with Gasteiger partial charge < -0.3 is 5.32 Å². The van der Waals surface area contributed by atoms with Crippen molar-refractivity contribution in [2.75, 3.05) is 5.75 Å². The highest BCUT2D eigenvalue weighted by Gasteiger charge is 2.23. The Hall–Kier alpha value is -1.26. The van der Waals surface area contributed by atoms with Crippen LogP contribution in [0, 0.1) is 6.92 Å². The van der Waals surface area contributed by atoms with E-state index in [0.29, 0.717) is 12.1 Å². The first-order chi connectivity index (χ1) is 9.66. The third-order valence-corrected chi connectivity index (χ3v) is 5.27. The molecule has 0 radical (unpaired) electrons. The summed E-state index contributed by atoms with van der Waals surface area (Å²) >= 11 is 1.97. The van der Waals surface area contributed by atoms with E-state index >= 15 is 0 Å². The van der Waals surface area contributed by atoms with Crippen LogP contribution >= 0.6 is 11.8 Å². The quantitative estimate of drug-likeness (QED) is 0.935. The minimum absolute atomic E-state index is 0.324. The minimum atomic E-state index is 0.324. The number of fused-ring (bicyclic) bond motifs is 1. The number of aryl methyl sites for hydroxylation is 1. The first-order valence-electron chi connectivity index (χ1n) is 7.13. The maximum atomic E-state index is 4.35.